The van der Waals surface area contributed by atoms with Crippen molar-refractivity contribution in [1.82, 2.24) is 4.90 Å². The molecule has 5 heteroatoms. The Morgan fingerprint density at radius 1 is 0.842 bits per heavy atom. The molecule has 0 atom stereocenters. The highest BCUT2D eigenvalue weighted by Gasteiger charge is 2.11. The van der Waals surface area contributed by atoms with Crippen LogP contribution in [0.3, 0.4) is 0 Å². The number of ether oxygens (including phenoxy) is 2. The largest absolute Gasteiger partial charge is 0.488 e. The topological polar surface area (TPSA) is 55.8 Å². The second-order valence-electron chi connectivity index (χ2n) is 9.50. The lowest BCUT2D eigenvalue weighted by Crippen LogP contribution is -2.25. The second kappa shape index (κ2) is 15.4. The first-order chi connectivity index (χ1) is 18.5. The first-order valence-electron chi connectivity index (χ1n) is 13.4. The summed E-state index contributed by atoms with van der Waals surface area (Å²) in [5.74, 6) is 0.438. The molecule has 0 aliphatic heterocycles. The van der Waals surface area contributed by atoms with Gasteiger partial charge in [-0.15, -0.1) is 0 Å². The number of carbonyl (C=O) groups excluding carboxylic acids is 2. The Balaban J connectivity index is 1.74. The molecule has 0 heterocycles. The van der Waals surface area contributed by atoms with E-state index in [1.807, 2.05) is 66.5 Å². The van der Waals surface area contributed by atoms with Crippen LogP contribution >= 0.6 is 0 Å². The molecule has 0 radical (unpaired) electrons. The summed E-state index contributed by atoms with van der Waals surface area (Å²) in [5.41, 5.74) is 4.95. The molecule has 0 aliphatic carbocycles. The smallest absolute Gasteiger partial charge is 0.330 e. The van der Waals surface area contributed by atoms with E-state index < -0.39 is 5.97 Å². The van der Waals surface area contributed by atoms with E-state index in [4.69, 9.17) is 9.47 Å². The molecular formula is C33H39NO4. The predicted octanol–water partition coefficient (Wildman–Crippen LogP) is 7.44. The average molecular weight is 514 g/mol. The molecule has 3 aromatic rings. The Bertz CT molecular complexity index is 1200. The summed E-state index contributed by atoms with van der Waals surface area (Å²) in [5, 5.41) is 0. The van der Waals surface area contributed by atoms with Gasteiger partial charge >= 0.3 is 5.97 Å². The minimum atomic E-state index is -0.421. The Labute approximate surface area is 227 Å². The Hall–Kier alpha value is -3.86. The van der Waals surface area contributed by atoms with E-state index in [2.05, 4.69) is 25.1 Å². The van der Waals surface area contributed by atoms with Gasteiger partial charge in [-0.2, -0.15) is 0 Å². The number of amides is 1. The molecule has 0 saturated heterocycles. The Morgan fingerprint density at radius 2 is 1.58 bits per heavy atom. The van der Waals surface area contributed by atoms with Crippen LogP contribution in [0.25, 0.3) is 17.2 Å². The number of rotatable bonds is 14. The van der Waals surface area contributed by atoms with Gasteiger partial charge in [-0.3, -0.25) is 4.79 Å². The molecule has 0 fully saturated rings. The van der Waals surface area contributed by atoms with Crippen molar-refractivity contribution < 1.29 is 19.1 Å². The number of carbonyl (C=O) groups is 2. The molecule has 0 aliphatic rings. The minimum Gasteiger partial charge on any atom is -0.488 e. The van der Waals surface area contributed by atoms with Gasteiger partial charge in [0, 0.05) is 31.7 Å². The van der Waals surface area contributed by atoms with Crippen LogP contribution in [0.4, 0.5) is 0 Å². The quantitative estimate of drug-likeness (QED) is 0.128. The van der Waals surface area contributed by atoms with E-state index in [9.17, 15) is 9.59 Å². The van der Waals surface area contributed by atoms with Gasteiger partial charge in [0.1, 0.15) is 12.4 Å². The number of unbranched alkanes of at least 4 members (excludes halogenated alkanes) is 4. The van der Waals surface area contributed by atoms with E-state index in [0.29, 0.717) is 25.3 Å². The van der Waals surface area contributed by atoms with Crippen molar-refractivity contribution >= 4 is 18.0 Å². The highest BCUT2D eigenvalue weighted by molar-refractivity contribution is 5.87. The van der Waals surface area contributed by atoms with Crippen LogP contribution in [0.15, 0.2) is 78.9 Å². The maximum absolute atomic E-state index is 12.6. The molecule has 200 valence electrons. The first-order valence-corrected chi connectivity index (χ1v) is 13.4. The second-order valence-corrected chi connectivity index (χ2v) is 9.50. The minimum absolute atomic E-state index is 0.185. The van der Waals surface area contributed by atoms with Crippen molar-refractivity contribution in [3.8, 4) is 16.9 Å². The van der Waals surface area contributed by atoms with E-state index >= 15 is 0 Å². The van der Waals surface area contributed by atoms with Gasteiger partial charge in [0.25, 0.3) is 0 Å². The molecule has 3 rings (SSSR count). The fourth-order valence-corrected chi connectivity index (χ4v) is 4.22. The van der Waals surface area contributed by atoms with Crippen molar-refractivity contribution in [2.75, 3.05) is 14.2 Å². The average Bonchev–Trinajstić information content (AvgIpc) is 2.95. The molecular weight excluding hydrogens is 474 g/mol. The number of nitrogens with zero attached hydrogens (tertiary/aromatic N) is 1. The fraction of sp³-hybridized carbons (Fsp3) is 0.333. The van der Waals surface area contributed by atoms with Crippen LogP contribution in [-0.4, -0.2) is 30.9 Å². The van der Waals surface area contributed by atoms with Crippen molar-refractivity contribution in [3.63, 3.8) is 0 Å². The van der Waals surface area contributed by atoms with E-state index in [-0.39, 0.29) is 5.91 Å². The van der Waals surface area contributed by atoms with Crippen LogP contribution in [0.1, 0.15) is 62.1 Å². The van der Waals surface area contributed by atoms with Crippen LogP contribution < -0.4 is 4.74 Å². The number of benzene rings is 3. The fourth-order valence-electron chi connectivity index (χ4n) is 4.22. The third-order valence-electron chi connectivity index (χ3n) is 6.45. The summed E-state index contributed by atoms with van der Waals surface area (Å²) >= 11 is 0. The van der Waals surface area contributed by atoms with Gasteiger partial charge in [-0.1, -0.05) is 93.3 Å². The van der Waals surface area contributed by atoms with Crippen LogP contribution in [0, 0.1) is 0 Å². The maximum Gasteiger partial charge on any atom is 0.330 e. The van der Waals surface area contributed by atoms with Crippen molar-refractivity contribution in [2.24, 2.45) is 0 Å². The molecule has 5 nitrogen and oxygen atoms in total. The summed E-state index contributed by atoms with van der Waals surface area (Å²) in [4.78, 5) is 26.1. The van der Waals surface area contributed by atoms with Gasteiger partial charge in [0.2, 0.25) is 5.91 Å². The lowest BCUT2D eigenvalue weighted by molar-refractivity contribution is -0.134. The van der Waals surface area contributed by atoms with Gasteiger partial charge in [0.05, 0.1) is 7.11 Å². The SMILES string of the molecule is CCCCCCCC(=O)N(C)Cc1cccc(-c2ccc(C=CC(=O)OC)c(OCc3ccccc3)c2)c1. The van der Waals surface area contributed by atoms with Crippen molar-refractivity contribution in [2.45, 2.75) is 58.6 Å². The van der Waals surface area contributed by atoms with Crippen LogP contribution in [0.2, 0.25) is 0 Å². The summed E-state index contributed by atoms with van der Waals surface area (Å²) in [6, 6.07) is 24.1. The summed E-state index contributed by atoms with van der Waals surface area (Å²) in [6.07, 6.45) is 9.40. The normalized spacial score (nSPS) is 10.9. The number of hydrogen-bond acceptors (Lipinski definition) is 4. The van der Waals surface area contributed by atoms with Gasteiger partial charge in [0.15, 0.2) is 0 Å². The lowest BCUT2D eigenvalue weighted by atomic mass is 10.0. The zero-order chi connectivity index (χ0) is 27.2. The monoisotopic (exact) mass is 513 g/mol. The molecule has 0 aromatic heterocycles. The molecule has 0 spiro atoms. The lowest BCUT2D eigenvalue weighted by Gasteiger charge is -2.18. The third kappa shape index (κ3) is 9.22. The molecule has 1 amide bonds. The molecule has 0 N–H and O–H groups in total. The maximum atomic E-state index is 12.6. The molecule has 0 saturated carbocycles. The van der Waals surface area contributed by atoms with Gasteiger partial charge in [-0.05, 0) is 46.9 Å². The number of methoxy groups -OCH3 is 1. The van der Waals surface area contributed by atoms with Crippen LogP contribution in [-0.2, 0) is 27.5 Å². The van der Waals surface area contributed by atoms with Crippen molar-refractivity contribution in [1.29, 1.82) is 0 Å². The zero-order valence-corrected chi connectivity index (χ0v) is 22.8. The van der Waals surface area contributed by atoms with E-state index in [0.717, 1.165) is 40.7 Å². The zero-order valence-electron chi connectivity index (χ0n) is 22.8. The highest BCUT2D eigenvalue weighted by Crippen LogP contribution is 2.30. The summed E-state index contributed by atoms with van der Waals surface area (Å²) in [6.45, 7) is 3.18. The predicted molar refractivity (Wildman–Crippen MR) is 154 cm³/mol. The third-order valence-corrected chi connectivity index (χ3v) is 6.45. The Morgan fingerprint density at radius 3 is 2.34 bits per heavy atom. The van der Waals surface area contributed by atoms with Crippen molar-refractivity contribution in [3.05, 3.63) is 95.6 Å². The standard InChI is InChI=1S/C33H39NO4/c1-4-5-6-7-11-17-32(35)34(2)24-27-15-12-16-29(22-27)30-19-18-28(20-21-33(36)37-3)31(23-30)38-25-26-13-9-8-10-14-26/h8-10,12-16,18-23H,4-7,11,17,24-25H2,1-3H3. The first kappa shape index (κ1) is 28.7. The van der Waals surface area contributed by atoms with E-state index in [1.165, 1.54) is 32.4 Å². The van der Waals surface area contributed by atoms with Gasteiger partial charge < -0.3 is 14.4 Å². The highest BCUT2D eigenvalue weighted by atomic mass is 16.5. The molecule has 38 heavy (non-hydrogen) atoms. The molecule has 0 unspecified atom stereocenters. The van der Waals surface area contributed by atoms with Crippen LogP contribution in [0.5, 0.6) is 5.75 Å². The van der Waals surface area contributed by atoms with Gasteiger partial charge in [-0.25, -0.2) is 4.79 Å². The summed E-state index contributed by atoms with van der Waals surface area (Å²) < 4.78 is 10.9. The number of esters is 1. The molecule has 0 bridgehead atoms. The Kier molecular flexibility index (Phi) is 11.6. The summed E-state index contributed by atoms with van der Waals surface area (Å²) in [7, 11) is 3.23. The van der Waals surface area contributed by atoms with E-state index in [1.54, 1.807) is 6.08 Å². The number of hydrogen-bond donors (Lipinski definition) is 0. The molecule has 3 aromatic carbocycles.